The van der Waals surface area contributed by atoms with Gasteiger partial charge in [0.2, 0.25) is 0 Å². The molecule has 0 fully saturated rings. The Morgan fingerprint density at radius 2 is 0.250 bits per heavy atom. The van der Waals surface area contributed by atoms with Crippen LogP contribution in [0.25, 0.3) is 0 Å². The van der Waals surface area contributed by atoms with Crippen molar-refractivity contribution in [2.24, 2.45) is 0 Å². The average molecular weight is 1470 g/mol. The number of hydrogen-bond acceptors (Lipinski definition) is 0. The largest absolute Gasteiger partial charge is 0 e. The second-order valence-electron chi connectivity index (χ2n) is 0. The van der Waals surface area contributed by atoms with Crippen molar-refractivity contribution in [2.75, 3.05) is 0 Å². The molecule has 0 unspecified atom stereocenters. The van der Waals surface area contributed by atoms with Gasteiger partial charge in [0.1, 0.15) is 0 Å². The molecule has 0 saturated heterocycles. The molecular weight excluding hydrogens is 1470 g/mol. The summed E-state index contributed by atoms with van der Waals surface area (Å²) in [4.78, 5) is 0. The Morgan fingerprint density at radius 1 is 0.250 bits per heavy atom. The van der Waals surface area contributed by atoms with Gasteiger partial charge in [0, 0.05) is 263 Å². The molecule has 0 aromatic carbocycles. The van der Waals surface area contributed by atoms with Crippen molar-refractivity contribution in [1.29, 1.82) is 0 Å². The fraction of sp³-hybridized carbons (Fsp3) is 0. The van der Waals surface area contributed by atoms with E-state index < -0.39 is 0 Å². The molecule has 0 rings (SSSR count). The summed E-state index contributed by atoms with van der Waals surface area (Å²) in [5.74, 6) is 0. The molecule has 0 saturated carbocycles. The predicted molar refractivity (Wildman–Crippen MR) is 17.3 cm³/mol. The van der Waals surface area contributed by atoms with Crippen LogP contribution in [0.4, 0.5) is 0 Å². The van der Waals surface area contributed by atoms with Crippen molar-refractivity contribution in [1.82, 2.24) is 0 Å². The summed E-state index contributed by atoms with van der Waals surface area (Å²) in [5, 5.41) is 0. The van der Waals surface area contributed by atoms with Crippen LogP contribution < -0.4 is 0 Å². The van der Waals surface area contributed by atoms with Crippen molar-refractivity contribution < 1.29 is 184 Å². The first kappa shape index (κ1) is 54.1. The van der Waals surface area contributed by atoms with Crippen LogP contribution in [-0.2, 0) is 0 Å². The maximum Gasteiger partial charge on any atom is 0 e. The zero-order chi connectivity index (χ0) is 0. The third-order valence-electron chi connectivity index (χ3n) is 0. The van der Waals surface area contributed by atoms with Gasteiger partial charge in [0.15, 0.2) is 0 Å². The Bertz CT molecular complexity index is 7.64. The van der Waals surface area contributed by atoms with Crippen molar-refractivity contribution in [3.63, 3.8) is 0 Å². The molecule has 0 nitrogen and oxygen atoms in total. The molecule has 0 aliphatic rings. The second-order valence-corrected chi connectivity index (χ2v) is 0. The molecule has 0 atom stereocenters. The molecule has 0 bridgehead atoms. The van der Waals surface area contributed by atoms with E-state index in [0.29, 0.717) is 0 Å². The average Bonchev–Trinajstić information content (AvgIpc) is 0. The van der Waals surface area contributed by atoms with Gasteiger partial charge < -0.3 is 0 Å². The van der Waals surface area contributed by atoms with Crippen molar-refractivity contribution in [3.05, 3.63) is 0 Å². The minimum absolute atomic E-state index is 0. The zero-order valence-corrected chi connectivity index (χ0v) is 22.1. The third kappa shape index (κ3) is 36.4. The van der Waals surface area contributed by atoms with Gasteiger partial charge in [-0.05, 0) is 0 Å². The molecule has 0 spiro atoms. The van der Waals surface area contributed by atoms with Crippen LogP contribution in [0.5, 0.6) is 0 Å². The number of rotatable bonds is 0. The quantitative estimate of drug-likeness (QED) is 0.270. The summed E-state index contributed by atoms with van der Waals surface area (Å²) in [6, 6.07) is 0. The van der Waals surface area contributed by atoms with Crippen molar-refractivity contribution in [3.8, 4) is 0 Å². The third-order valence-corrected chi connectivity index (χ3v) is 0. The van der Waals surface area contributed by atoms with E-state index in [4.69, 9.17) is 0 Å². The van der Waals surface area contributed by atoms with Crippen LogP contribution >= 0.6 is 0 Å². The Balaban J connectivity index is 0. The molecule has 80 valence electrons. The smallest absolute Gasteiger partial charge is 0 e. The van der Waals surface area contributed by atoms with Gasteiger partial charge in [0.25, 0.3) is 0 Å². The minimum atomic E-state index is 0. The maximum atomic E-state index is 0. The minimum Gasteiger partial charge on any atom is 0 e. The van der Waals surface area contributed by atoms with Gasteiger partial charge in [0.05, 0.1) is 0 Å². The van der Waals surface area contributed by atoms with Crippen LogP contribution in [0.3, 0.4) is 0 Å². The summed E-state index contributed by atoms with van der Waals surface area (Å²) in [6.07, 6.45) is 0. The molecule has 0 N–H and O–H groups in total. The zero-order valence-electron chi connectivity index (χ0n) is 2.73. The molecule has 14 radical (unpaired) electrons. The van der Waals surface area contributed by atoms with Crippen LogP contribution in [-0.4, -0.2) is 78.6 Å². The van der Waals surface area contributed by atoms with E-state index in [2.05, 4.69) is 0 Å². The Morgan fingerprint density at radius 3 is 0.250 bits per heavy atom. The van der Waals surface area contributed by atoms with Crippen LogP contribution in [0.1, 0.15) is 0 Å². The van der Waals surface area contributed by atoms with Gasteiger partial charge in [-0.15, -0.1) is 0 Å². The van der Waals surface area contributed by atoms with E-state index in [-0.39, 0.29) is 263 Å². The van der Waals surface area contributed by atoms with Gasteiger partial charge >= 0.3 is 0 Å². The molecular formula is Bi3Tm5. The van der Waals surface area contributed by atoms with E-state index in [1.54, 1.807) is 0 Å². The standard InChI is InChI=1S/3Bi.5Tm. The Labute approximate surface area is 254 Å². The normalized spacial score (nSPS) is 0. The fourth-order valence-electron chi connectivity index (χ4n) is 0. The van der Waals surface area contributed by atoms with E-state index in [0.717, 1.165) is 0 Å². The SMILES string of the molecule is [Bi].[Bi].[Bi].[Tm].[Tm].[Tm].[Tm].[Tm]. The first-order valence-corrected chi connectivity index (χ1v) is 0. The van der Waals surface area contributed by atoms with E-state index in [9.17, 15) is 0 Å². The fourth-order valence-corrected chi connectivity index (χ4v) is 0. The first-order valence-electron chi connectivity index (χ1n) is 0. The van der Waals surface area contributed by atoms with Crippen molar-refractivity contribution >= 4 is 78.6 Å². The van der Waals surface area contributed by atoms with E-state index in [1.165, 1.54) is 0 Å². The molecule has 8 heteroatoms. The summed E-state index contributed by atoms with van der Waals surface area (Å²) in [7, 11) is 0. The van der Waals surface area contributed by atoms with E-state index >= 15 is 0 Å². The molecule has 0 heterocycles. The summed E-state index contributed by atoms with van der Waals surface area (Å²) < 4.78 is 0. The topological polar surface area (TPSA) is 0 Å². The van der Waals surface area contributed by atoms with Gasteiger partial charge in [-0.25, -0.2) is 0 Å². The second kappa shape index (κ2) is 44.7. The van der Waals surface area contributed by atoms with Crippen LogP contribution in [0.2, 0.25) is 0 Å². The predicted octanol–water partition coefficient (Wildman–Crippen LogP) is -1.14. The number of hydrogen-bond donors (Lipinski definition) is 0. The van der Waals surface area contributed by atoms with Crippen LogP contribution in [0, 0.1) is 184 Å². The molecule has 0 aliphatic heterocycles. The molecule has 8 heavy (non-hydrogen) atoms. The molecule has 0 aromatic heterocycles. The maximum absolute atomic E-state index is 0. The summed E-state index contributed by atoms with van der Waals surface area (Å²) >= 11 is 0. The van der Waals surface area contributed by atoms with Gasteiger partial charge in [-0.3, -0.25) is 0 Å². The Kier molecular flexibility index (Phi) is 302. The summed E-state index contributed by atoms with van der Waals surface area (Å²) in [6.45, 7) is 0. The van der Waals surface area contributed by atoms with Gasteiger partial charge in [-0.1, -0.05) is 0 Å². The van der Waals surface area contributed by atoms with Crippen molar-refractivity contribution in [2.45, 2.75) is 0 Å². The molecule has 0 aromatic rings. The summed E-state index contributed by atoms with van der Waals surface area (Å²) in [5.41, 5.74) is 0. The first-order chi connectivity index (χ1) is 0. The molecule has 0 aliphatic carbocycles. The van der Waals surface area contributed by atoms with Gasteiger partial charge in [-0.2, -0.15) is 0 Å². The van der Waals surface area contributed by atoms with Crippen LogP contribution in [0.15, 0.2) is 0 Å². The Hall–Kier alpha value is 8.82. The molecule has 0 amide bonds. The monoisotopic (exact) mass is 1470 g/mol. The van der Waals surface area contributed by atoms with E-state index in [1.807, 2.05) is 0 Å².